The molecule has 1 aliphatic rings. The zero-order chi connectivity index (χ0) is 17.5. The van der Waals surface area contributed by atoms with E-state index in [9.17, 15) is 0 Å². The smallest absolute Gasteiger partial charge is 0.399 e. The van der Waals surface area contributed by atoms with Gasteiger partial charge in [0.05, 0.1) is 11.2 Å². The van der Waals surface area contributed by atoms with Gasteiger partial charge in [-0.05, 0) is 77.7 Å². The summed E-state index contributed by atoms with van der Waals surface area (Å²) >= 11 is 0. The van der Waals surface area contributed by atoms with Gasteiger partial charge in [0.15, 0.2) is 0 Å². The topological polar surface area (TPSA) is 26.6 Å². The molecule has 1 aromatic carbocycles. The highest BCUT2D eigenvalue weighted by Gasteiger charge is 2.51. The first-order valence-electron chi connectivity index (χ1n) is 8.79. The van der Waals surface area contributed by atoms with Crippen molar-refractivity contribution in [1.82, 2.24) is 9.47 Å². The summed E-state index contributed by atoms with van der Waals surface area (Å²) in [4.78, 5) is 2.22. The standard InChI is InChI=1S/C19H29BN2O2/c1-18(2)19(3,4)24-20(23-18)16-8-9-17-15(14-16)10-13-22(17)12-7-11-21(5)6/h8-10,13-14H,7,11-12H2,1-6H3. The minimum Gasteiger partial charge on any atom is -0.399 e. The average molecular weight is 328 g/mol. The second-order valence-electron chi connectivity index (χ2n) is 8.07. The summed E-state index contributed by atoms with van der Waals surface area (Å²) < 4.78 is 14.7. The van der Waals surface area contributed by atoms with Crippen LogP contribution >= 0.6 is 0 Å². The van der Waals surface area contributed by atoms with E-state index >= 15 is 0 Å². The van der Waals surface area contributed by atoms with Crippen LogP contribution in [0.25, 0.3) is 10.9 Å². The summed E-state index contributed by atoms with van der Waals surface area (Å²) in [6, 6.07) is 8.69. The molecule has 0 unspecified atom stereocenters. The Hall–Kier alpha value is -1.30. The maximum absolute atomic E-state index is 6.16. The summed E-state index contributed by atoms with van der Waals surface area (Å²) in [5.41, 5.74) is 1.76. The van der Waals surface area contributed by atoms with Crippen LogP contribution in [0, 0.1) is 0 Å². The Kier molecular flexibility index (Phi) is 4.54. The number of benzene rings is 1. The van der Waals surface area contributed by atoms with Gasteiger partial charge in [-0.15, -0.1) is 0 Å². The molecule has 3 rings (SSSR count). The van der Waals surface area contributed by atoms with Gasteiger partial charge in [-0.2, -0.15) is 0 Å². The SMILES string of the molecule is CN(C)CCCn1ccc2cc(B3OC(C)(C)C(C)(C)O3)ccc21. The van der Waals surface area contributed by atoms with Crippen molar-refractivity contribution >= 4 is 23.5 Å². The molecule has 0 radical (unpaired) electrons. The van der Waals surface area contributed by atoms with Crippen molar-refractivity contribution < 1.29 is 9.31 Å². The zero-order valence-electron chi connectivity index (χ0n) is 15.8. The molecule has 0 spiro atoms. The van der Waals surface area contributed by atoms with Crippen LogP contribution in [-0.2, 0) is 15.9 Å². The molecule has 1 aromatic heterocycles. The van der Waals surface area contributed by atoms with Crippen LogP contribution in [0.15, 0.2) is 30.5 Å². The Morgan fingerprint density at radius 2 is 1.71 bits per heavy atom. The summed E-state index contributed by atoms with van der Waals surface area (Å²) in [6.45, 7) is 10.5. The number of fused-ring (bicyclic) bond motifs is 1. The first kappa shape index (κ1) is 17.5. The number of hydrogen-bond acceptors (Lipinski definition) is 3. The molecule has 0 saturated carbocycles. The largest absolute Gasteiger partial charge is 0.494 e. The van der Waals surface area contributed by atoms with Gasteiger partial charge in [0.2, 0.25) is 0 Å². The van der Waals surface area contributed by atoms with E-state index in [-0.39, 0.29) is 18.3 Å². The lowest BCUT2D eigenvalue weighted by atomic mass is 9.79. The molecule has 5 heteroatoms. The summed E-state index contributed by atoms with van der Waals surface area (Å²) in [5.74, 6) is 0. The van der Waals surface area contributed by atoms with E-state index in [1.54, 1.807) is 0 Å². The number of hydrogen-bond donors (Lipinski definition) is 0. The molecule has 0 bridgehead atoms. The Balaban J connectivity index is 1.78. The molecule has 4 nitrogen and oxygen atoms in total. The molecular formula is C19H29BN2O2. The van der Waals surface area contributed by atoms with Gasteiger partial charge in [0, 0.05) is 18.3 Å². The second-order valence-corrected chi connectivity index (χ2v) is 8.07. The second kappa shape index (κ2) is 6.21. The zero-order valence-corrected chi connectivity index (χ0v) is 15.8. The Morgan fingerprint density at radius 1 is 1.04 bits per heavy atom. The third-order valence-electron chi connectivity index (χ3n) is 5.32. The highest BCUT2D eigenvalue weighted by molar-refractivity contribution is 6.62. The molecule has 2 aromatic rings. The van der Waals surface area contributed by atoms with Gasteiger partial charge in [0.1, 0.15) is 0 Å². The van der Waals surface area contributed by atoms with E-state index in [2.05, 4.69) is 81.7 Å². The highest BCUT2D eigenvalue weighted by atomic mass is 16.7. The van der Waals surface area contributed by atoms with Gasteiger partial charge in [0.25, 0.3) is 0 Å². The maximum Gasteiger partial charge on any atom is 0.494 e. The Labute approximate surface area is 145 Å². The Bertz CT molecular complexity index is 705. The molecular weight excluding hydrogens is 299 g/mol. The summed E-state index contributed by atoms with van der Waals surface area (Å²) in [7, 11) is 3.94. The number of aryl methyl sites for hydroxylation is 1. The van der Waals surface area contributed by atoms with Crippen molar-refractivity contribution in [2.75, 3.05) is 20.6 Å². The summed E-state index contributed by atoms with van der Waals surface area (Å²) in [6.07, 6.45) is 3.32. The quantitative estimate of drug-likeness (QED) is 0.790. The number of aromatic nitrogens is 1. The Morgan fingerprint density at radius 3 is 2.33 bits per heavy atom. The lowest BCUT2D eigenvalue weighted by molar-refractivity contribution is 0.00578. The molecule has 0 aliphatic carbocycles. The van der Waals surface area contributed by atoms with Crippen LogP contribution in [-0.4, -0.2) is 48.4 Å². The van der Waals surface area contributed by atoms with E-state index in [0.717, 1.165) is 25.0 Å². The van der Waals surface area contributed by atoms with Crippen LogP contribution in [0.2, 0.25) is 0 Å². The van der Waals surface area contributed by atoms with Gasteiger partial charge in [-0.1, -0.05) is 12.1 Å². The molecule has 0 atom stereocenters. The minimum atomic E-state index is -0.301. The predicted octanol–water partition coefficient (Wildman–Crippen LogP) is 2.89. The number of rotatable bonds is 5. The predicted molar refractivity (Wildman–Crippen MR) is 101 cm³/mol. The van der Waals surface area contributed by atoms with E-state index in [1.165, 1.54) is 10.9 Å². The molecule has 1 saturated heterocycles. The fourth-order valence-corrected chi connectivity index (χ4v) is 3.10. The normalized spacial score (nSPS) is 19.5. The molecule has 1 aliphatic heterocycles. The van der Waals surface area contributed by atoms with Gasteiger partial charge in [-0.25, -0.2) is 0 Å². The third-order valence-corrected chi connectivity index (χ3v) is 5.32. The molecule has 24 heavy (non-hydrogen) atoms. The maximum atomic E-state index is 6.16. The minimum absolute atomic E-state index is 0.295. The third kappa shape index (κ3) is 3.25. The van der Waals surface area contributed by atoms with Crippen LogP contribution in [0.1, 0.15) is 34.1 Å². The monoisotopic (exact) mass is 328 g/mol. The van der Waals surface area contributed by atoms with Crippen molar-refractivity contribution in [1.29, 1.82) is 0 Å². The van der Waals surface area contributed by atoms with E-state index < -0.39 is 0 Å². The van der Waals surface area contributed by atoms with Crippen LogP contribution in [0.4, 0.5) is 0 Å². The van der Waals surface area contributed by atoms with Crippen molar-refractivity contribution in [2.45, 2.75) is 51.9 Å². The van der Waals surface area contributed by atoms with Crippen LogP contribution in [0.3, 0.4) is 0 Å². The fraction of sp³-hybridized carbons (Fsp3) is 0.579. The first-order chi connectivity index (χ1) is 11.2. The van der Waals surface area contributed by atoms with Crippen molar-refractivity contribution in [2.24, 2.45) is 0 Å². The molecule has 1 fully saturated rings. The lowest BCUT2D eigenvalue weighted by Crippen LogP contribution is -2.41. The van der Waals surface area contributed by atoms with E-state index in [4.69, 9.17) is 9.31 Å². The van der Waals surface area contributed by atoms with E-state index in [1.807, 2.05) is 0 Å². The van der Waals surface area contributed by atoms with Crippen molar-refractivity contribution in [3.63, 3.8) is 0 Å². The average Bonchev–Trinajstić information content (AvgIpc) is 2.97. The van der Waals surface area contributed by atoms with Gasteiger partial charge < -0.3 is 18.8 Å². The molecule has 0 amide bonds. The van der Waals surface area contributed by atoms with Crippen molar-refractivity contribution in [3.8, 4) is 0 Å². The molecule has 0 N–H and O–H groups in total. The lowest BCUT2D eigenvalue weighted by Gasteiger charge is -2.32. The first-order valence-corrected chi connectivity index (χ1v) is 8.79. The molecule has 2 heterocycles. The summed E-state index contributed by atoms with van der Waals surface area (Å²) in [5, 5.41) is 1.24. The highest BCUT2D eigenvalue weighted by Crippen LogP contribution is 2.36. The van der Waals surface area contributed by atoms with Gasteiger partial charge in [-0.3, -0.25) is 0 Å². The number of nitrogens with zero attached hydrogens (tertiary/aromatic N) is 2. The van der Waals surface area contributed by atoms with Crippen molar-refractivity contribution in [3.05, 3.63) is 30.5 Å². The van der Waals surface area contributed by atoms with Crippen LogP contribution in [0.5, 0.6) is 0 Å². The van der Waals surface area contributed by atoms with Crippen LogP contribution < -0.4 is 5.46 Å². The van der Waals surface area contributed by atoms with E-state index in [0.29, 0.717) is 0 Å². The fourth-order valence-electron chi connectivity index (χ4n) is 3.10. The molecule has 130 valence electrons. The van der Waals surface area contributed by atoms with Gasteiger partial charge >= 0.3 is 7.12 Å².